The standard InChI is InChI=1S/C30H40FN5O2/c31-22-16-29(10-6-14-36(29)18-22)20-37-28-33-26-17-30(11-5-7-21-8-9-23(32)15-25(21)30)38-19-24(26)27(34-28)35-12-3-1-2-4-13-35/h8-9,15,22H,1-7,10-14,16-20,32H2. The van der Waals surface area contributed by atoms with Crippen LogP contribution in [0.1, 0.15) is 80.2 Å². The summed E-state index contributed by atoms with van der Waals surface area (Å²) < 4.78 is 27.6. The first kappa shape index (κ1) is 24.6. The number of ether oxygens (including phenoxy) is 2. The zero-order valence-electron chi connectivity index (χ0n) is 22.4. The fourth-order valence-electron chi connectivity index (χ4n) is 7.85. The van der Waals surface area contributed by atoms with Crippen molar-refractivity contribution in [2.75, 3.05) is 43.4 Å². The number of rotatable bonds is 4. The van der Waals surface area contributed by atoms with Crippen molar-refractivity contribution in [3.05, 3.63) is 40.6 Å². The molecular weight excluding hydrogens is 481 g/mol. The first-order valence-electron chi connectivity index (χ1n) is 14.7. The molecule has 7 nitrogen and oxygen atoms in total. The summed E-state index contributed by atoms with van der Waals surface area (Å²) in [4.78, 5) is 14.8. The monoisotopic (exact) mass is 521 g/mol. The molecule has 3 atom stereocenters. The lowest BCUT2D eigenvalue weighted by Crippen LogP contribution is -2.44. The van der Waals surface area contributed by atoms with Crippen LogP contribution in [0.3, 0.4) is 0 Å². The van der Waals surface area contributed by atoms with E-state index in [0.29, 0.717) is 38.6 Å². The molecule has 0 saturated carbocycles. The van der Waals surface area contributed by atoms with Crippen LogP contribution < -0.4 is 15.4 Å². The van der Waals surface area contributed by atoms with Gasteiger partial charge in [-0.1, -0.05) is 18.9 Å². The molecule has 3 saturated heterocycles. The van der Waals surface area contributed by atoms with Gasteiger partial charge in [-0.25, -0.2) is 4.39 Å². The molecule has 8 heteroatoms. The third-order valence-electron chi connectivity index (χ3n) is 9.78. The van der Waals surface area contributed by atoms with Gasteiger partial charge in [0.25, 0.3) is 0 Å². The van der Waals surface area contributed by atoms with Crippen LogP contribution >= 0.6 is 0 Å². The maximum absolute atomic E-state index is 14.4. The average molecular weight is 522 g/mol. The lowest BCUT2D eigenvalue weighted by molar-refractivity contribution is -0.0855. The highest BCUT2D eigenvalue weighted by Gasteiger charge is 2.49. The maximum Gasteiger partial charge on any atom is 0.318 e. The summed E-state index contributed by atoms with van der Waals surface area (Å²) in [7, 11) is 0. The maximum atomic E-state index is 14.4. The van der Waals surface area contributed by atoms with E-state index in [0.717, 1.165) is 74.5 Å². The fourth-order valence-corrected chi connectivity index (χ4v) is 7.85. The molecule has 0 radical (unpaired) electrons. The summed E-state index contributed by atoms with van der Waals surface area (Å²) in [6.07, 6.45) is 10.5. The summed E-state index contributed by atoms with van der Waals surface area (Å²) in [5, 5.41) is 0. The third-order valence-corrected chi connectivity index (χ3v) is 9.78. The van der Waals surface area contributed by atoms with Crippen LogP contribution in [0.5, 0.6) is 6.01 Å². The number of nitrogens with zero attached hydrogens (tertiary/aromatic N) is 4. The van der Waals surface area contributed by atoms with E-state index in [1.807, 2.05) is 6.07 Å². The Balaban J connectivity index is 1.24. The number of benzene rings is 1. The smallest absolute Gasteiger partial charge is 0.318 e. The largest absolute Gasteiger partial charge is 0.461 e. The normalized spacial score (nSPS) is 31.1. The van der Waals surface area contributed by atoms with Crippen LogP contribution in [0.25, 0.3) is 0 Å². The van der Waals surface area contributed by atoms with Gasteiger partial charge in [0.15, 0.2) is 0 Å². The Hall–Kier alpha value is -2.45. The van der Waals surface area contributed by atoms with Crippen molar-refractivity contribution in [2.45, 2.75) is 94.5 Å². The molecule has 0 bridgehead atoms. The number of aromatic nitrogens is 2. The Labute approximate surface area is 224 Å². The first-order chi connectivity index (χ1) is 18.5. The highest BCUT2D eigenvalue weighted by atomic mass is 19.1. The molecule has 7 rings (SSSR count). The van der Waals surface area contributed by atoms with Gasteiger partial charge in [-0.05, 0) is 74.8 Å². The second-order valence-corrected chi connectivity index (χ2v) is 12.3. The molecule has 5 heterocycles. The summed E-state index contributed by atoms with van der Waals surface area (Å²) in [5.74, 6) is 0.973. The summed E-state index contributed by atoms with van der Waals surface area (Å²) in [6, 6.07) is 6.70. The van der Waals surface area contributed by atoms with E-state index in [-0.39, 0.29) is 5.54 Å². The van der Waals surface area contributed by atoms with Crippen LogP contribution in [0.4, 0.5) is 15.9 Å². The predicted molar refractivity (Wildman–Crippen MR) is 145 cm³/mol. The van der Waals surface area contributed by atoms with Crippen LogP contribution in [0.15, 0.2) is 18.2 Å². The van der Waals surface area contributed by atoms with Gasteiger partial charge in [-0.3, -0.25) is 4.90 Å². The molecule has 2 N–H and O–H groups in total. The molecule has 5 aliphatic rings. The number of aryl methyl sites for hydroxylation is 1. The van der Waals surface area contributed by atoms with Crippen LogP contribution in [-0.2, 0) is 29.8 Å². The van der Waals surface area contributed by atoms with Crippen molar-refractivity contribution in [3.8, 4) is 6.01 Å². The third kappa shape index (κ3) is 4.24. The molecule has 1 aromatic carbocycles. The summed E-state index contributed by atoms with van der Waals surface area (Å²) in [6.45, 7) is 4.42. The second-order valence-electron chi connectivity index (χ2n) is 12.3. The van der Waals surface area contributed by atoms with Crippen molar-refractivity contribution in [1.82, 2.24) is 14.9 Å². The topological polar surface area (TPSA) is 76.7 Å². The predicted octanol–water partition coefficient (Wildman–Crippen LogP) is 4.70. The van der Waals surface area contributed by atoms with Gasteiger partial charge >= 0.3 is 6.01 Å². The van der Waals surface area contributed by atoms with Crippen molar-refractivity contribution in [3.63, 3.8) is 0 Å². The van der Waals surface area contributed by atoms with E-state index in [1.165, 1.54) is 36.8 Å². The minimum atomic E-state index is -0.771. The Morgan fingerprint density at radius 3 is 2.79 bits per heavy atom. The molecule has 1 spiro atoms. The Morgan fingerprint density at radius 2 is 1.92 bits per heavy atom. The number of halogens is 1. The minimum absolute atomic E-state index is 0.217. The highest BCUT2D eigenvalue weighted by molar-refractivity contribution is 5.54. The Morgan fingerprint density at radius 1 is 1.05 bits per heavy atom. The van der Waals surface area contributed by atoms with E-state index in [4.69, 9.17) is 25.2 Å². The van der Waals surface area contributed by atoms with Crippen LogP contribution in [-0.4, -0.2) is 59.4 Å². The number of hydrogen-bond acceptors (Lipinski definition) is 7. The van der Waals surface area contributed by atoms with E-state index >= 15 is 0 Å². The van der Waals surface area contributed by atoms with Crippen LogP contribution in [0.2, 0.25) is 0 Å². The van der Waals surface area contributed by atoms with Gasteiger partial charge in [0, 0.05) is 43.7 Å². The Kier molecular flexibility index (Phi) is 6.23. The first-order valence-corrected chi connectivity index (χ1v) is 14.7. The molecule has 3 fully saturated rings. The van der Waals surface area contributed by atoms with Gasteiger partial charge in [-0.2, -0.15) is 9.97 Å². The Bertz CT molecular complexity index is 1200. The van der Waals surface area contributed by atoms with E-state index < -0.39 is 11.8 Å². The SMILES string of the molecule is Nc1ccc2c(c1)C1(CCC2)Cc2nc(OCC34CCCN3CC(F)C4)nc(N3CCCCCC3)c2CO1. The molecule has 2 aromatic rings. The number of alkyl halides is 1. The summed E-state index contributed by atoms with van der Waals surface area (Å²) >= 11 is 0. The van der Waals surface area contributed by atoms with Gasteiger partial charge in [0.2, 0.25) is 0 Å². The number of nitrogens with two attached hydrogens (primary N) is 1. The fraction of sp³-hybridized carbons (Fsp3) is 0.667. The minimum Gasteiger partial charge on any atom is -0.461 e. The molecule has 204 valence electrons. The number of fused-ring (bicyclic) bond motifs is 4. The van der Waals surface area contributed by atoms with Gasteiger partial charge in [0.05, 0.1) is 23.4 Å². The van der Waals surface area contributed by atoms with Crippen molar-refractivity contribution in [1.29, 1.82) is 0 Å². The molecule has 0 amide bonds. The second kappa shape index (κ2) is 9.63. The molecule has 3 unspecified atom stereocenters. The summed E-state index contributed by atoms with van der Waals surface area (Å²) in [5.41, 5.74) is 11.1. The zero-order chi connectivity index (χ0) is 25.7. The van der Waals surface area contributed by atoms with Gasteiger partial charge in [0.1, 0.15) is 18.6 Å². The van der Waals surface area contributed by atoms with Crippen molar-refractivity contribution < 1.29 is 13.9 Å². The molecule has 1 aliphatic carbocycles. The van der Waals surface area contributed by atoms with Gasteiger partial charge in [-0.15, -0.1) is 0 Å². The highest BCUT2D eigenvalue weighted by Crippen LogP contribution is 2.47. The lowest BCUT2D eigenvalue weighted by Gasteiger charge is -2.43. The molecular formula is C30H40FN5O2. The van der Waals surface area contributed by atoms with Crippen molar-refractivity contribution in [2.24, 2.45) is 0 Å². The van der Waals surface area contributed by atoms with Crippen LogP contribution in [0, 0.1) is 0 Å². The van der Waals surface area contributed by atoms with Crippen molar-refractivity contribution >= 4 is 11.5 Å². The molecule has 1 aromatic heterocycles. The van der Waals surface area contributed by atoms with E-state index in [1.54, 1.807) is 0 Å². The lowest BCUT2D eigenvalue weighted by atomic mass is 9.74. The number of hydrogen-bond donors (Lipinski definition) is 1. The van der Waals surface area contributed by atoms with E-state index in [9.17, 15) is 4.39 Å². The zero-order valence-corrected chi connectivity index (χ0v) is 22.4. The van der Waals surface area contributed by atoms with E-state index in [2.05, 4.69) is 21.9 Å². The van der Waals surface area contributed by atoms with Gasteiger partial charge < -0.3 is 20.1 Å². The molecule has 4 aliphatic heterocycles. The quantitative estimate of drug-likeness (QED) is 0.585. The number of anilines is 2. The molecule has 38 heavy (non-hydrogen) atoms. The number of nitrogen functional groups attached to an aromatic ring is 1. The average Bonchev–Trinajstić information content (AvgIpc) is 3.29.